The van der Waals surface area contributed by atoms with Crippen LogP contribution in [0, 0.1) is 0 Å². The van der Waals surface area contributed by atoms with E-state index in [0.29, 0.717) is 14.2 Å². The van der Waals surface area contributed by atoms with E-state index in [4.69, 9.17) is 0 Å². The number of halogens is 4. The molecule has 3 aromatic rings. The zero-order valence-electron chi connectivity index (χ0n) is 36.1. The molecular formula is C48H74Br4O5P+. The molecule has 0 unspecified atom stereocenters. The van der Waals surface area contributed by atoms with Crippen molar-refractivity contribution in [2.45, 2.75) is 194 Å². The molecule has 5 N–H and O–H groups in total. The molecular weight excluding hydrogens is 1010 g/mol. The maximum absolute atomic E-state index is 10.3. The molecule has 0 aromatic heterocycles. The van der Waals surface area contributed by atoms with E-state index in [0.717, 1.165) is 57.7 Å². The van der Waals surface area contributed by atoms with Gasteiger partial charge in [0.05, 0.1) is 8.95 Å². The Balaban J connectivity index is 0.000000463. The molecule has 328 valence electrons. The Labute approximate surface area is 386 Å². The summed E-state index contributed by atoms with van der Waals surface area (Å²) < 4.78 is 2.76. The second-order valence-electron chi connectivity index (χ2n) is 16.5. The molecule has 3 aromatic carbocycles. The zero-order chi connectivity index (χ0) is 43.1. The number of unbranched alkanes of at least 4 members (excludes halogenated alkanes) is 18. The van der Waals surface area contributed by atoms with E-state index in [2.05, 4.69) is 104 Å². The van der Waals surface area contributed by atoms with E-state index in [1.807, 2.05) is 18.2 Å². The fourth-order valence-electron chi connectivity index (χ4n) is 7.82. The Bertz CT molecular complexity index is 1580. The Morgan fingerprint density at radius 2 is 0.845 bits per heavy atom. The molecule has 0 aliphatic rings. The van der Waals surface area contributed by atoms with Crippen molar-refractivity contribution >= 4 is 77.0 Å². The zero-order valence-corrected chi connectivity index (χ0v) is 43.4. The number of phenols is 2. The summed E-state index contributed by atoms with van der Waals surface area (Å²) in [5.41, 5.74) is 5.46. The van der Waals surface area contributed by atoms with E-state index in [1.54, 1.807) is 12.1 Å². The van der Waals surface area contributed by atoms with Crippen LogP contribution >= 0.6 is 71.7 Å². The molecule has 0 spiro atoms. The van der Waals surface area contributed by atoms with Gasteiger partial charge in [-0.3, -0.25) is 0 Å². The molecule has 5 nitrogen and oxygen atoms in total. The number of aromatic hydroxyl groups is 2. The van der Waals surface area contributed by atoms with Crippen molar-refractivity contribution in [1.29, 1.82) is 0 Å². The summed E-state index contributed by atoms with van der Waals surface area (Å²) in [6.45, 7) is 10.9. The number of hydrogen-bond donors (Lipinski definition) is 5. The minimum Gasteiger partial charge on any atom is -0.508 e. The average molecular weight is 1080 g/mol. The van der Waals surface area contributed by atoms with Gasteiger partial charge in [0.1, 0.15) is 11.5 Å². The Hall–Kier alpha value is -0.510. The van der Waals surface area contributed by atoms with Gasteiger partial charge in [0.2, 0.25) is 0 Å². The predicted octanol–water partition coefficient (Wildman–Crippen LogP) is 16.4. The minimum atomic E-state index is -4.03. The van der Waals surface area contributed by atoms with Gasteiger partial charge in [0, 0.05) is 19.9 Å². The van der Waals surface area contributed by atoms with Crippen molar-refractivity contribution in [3.63, 3.8) is 0 Å². The van der Waals surface area contributed by atoms with Gasteiger partial charge in [-0.05, 0) is 143 Å². The molecule has 0 fully saturated rings. The van der Waals surface area contributed by atoms with Crippen molar-refractivity contribution in [2.24, 2.45) is 0 Å². The summed E-state index contributed by atoms with van der Waals surface area (Å²) in [6, 6.07) is 11.0. The summed E-state index contributed by atoms with van der Waals surface area (Å²) in [5, 5.41) is 20.0. The lowest BCUT2D eigenvalue weighted by Gasteiger charge is -2.30. The number of aryl methyl sites for hydroxylation is 1. The Morgan fingerprint density at radius 3 is 1.26 bits per heavy atom. The molecule has 0 heterocycles. The summed E-state index contributed by atoms with van der Waals surface area (Å²) in [5.74, 6) is 0.375. The van der Waals surface area contributed by atoms with Crippen LogP contribution in [0.3, 0.4) is 0 Å². The first-order chi connectivity index (χ1) is 27.6. The van der Waals surface area contributed by atoms with Gasteiger partial charge < -0.3 is 10.2 Å². The minimum absolute atomic E-state index is 0.138. The van der Waals surface area contributed by atoms with Crippen LogP contribution < -0.4 is 5.30 Å². The maximum atomic E-state index is 10.3. The molecule has 0 aliphatic heterocycles. The quantitative estimate of drug-likeness (QED) is 0.0297. The lowest BCUT2D eigenvalue weighted by molar-refractivity contribution is 0.346. The monoisotopic (exact) mass is 1080 g/mol. The smallest absolute Gasteiger partial charge is 0.441 e. The Morgan fingerprint density at radius 1 is 0.466 bits per heavy atom. The Kier molecular flexibility index (Phi) is 26.8. The van der Waals surface area contributed by atoms with Gasteiger partial charge in [-0.15, -0.1) is 0 Å². The van der Waals surface area contributed by atoms with Gasteiger partial charge in [-0.25, -0.2) is 0 Å². The third kappa shape index (κ3) is 18.1. The molecule has 0 saturated heterocycles. The van der Waals surface area contributed by atoms with E-state index in [-0.39, 0.29) is 16.9 Å². The van der Waals surface area contributed by atoms with Crippen LogP contribution in [-0.2, 0) is 24.7 Å². The lowest BCUT2D eigenvalue weighted by Crippen LogP contribution is -2.20. The SMILES string of the molecule is CC(C)(c1ccc(O)cc1)c1c(Br)c(Br)c(O)c(Br)c1Br.CCCCCCCCCc1ccc([P+](O)(O)O)c(CCCCCCCCC)c1CCCCCCCCC. The highest BCUT2D eigenvalue weighted by Crippen LogP contribution is 2.51. The lowest BCUT2D eigenvalue weighted by atomic mass is 9.78. The van der Waals surface area contributed by atoms with Crippen LogP contribution in [-0.4, -0.2) is 24.9 Å². The highest BCUT2D eigenvalue weighted by molar-refractivity contribution is 9.14. The first kappa shape index (κ1) is 53.6. The predicted molar refractivity (Wildman–Crippen MR) is 264 cm³/mol. The van der Waals surface area contributed by atoms with Crippen molar-refractivity contribution in [3.05, 3.63) is 82.1 Å². The van der Waals surface area contributed by atoms with Gasteiger partial charge >= 0.3 is 7.94 Å². The fourth-order valence-corrected chi connectivity index (χ4v) is 11.8. The molecule has 10 heteroatoms. The standard InChI is InChI=1S/C33H62O3P.C15H12Br4O2/c1-4-7-10-13-16-19-22-25-30-28-29-33(37(34,35)36)32(27-24-21-18-15-12-9-6-3)31(30)26-23-20-17-14-11-8-5-2;1-15(2,7-3-5-8(20)6-4-7)9-10(16)12(18)14(21)13(19)11(9)17/h28-29,34-36H,4-27H2,1-3H3;3-6,20-21H,1-2H3/q+1;. The van der Waals surface area contributed by atoms with E-state index in [9.17, 15) is 24.9 Å². The summed E-state index contributed by atoms with van der Waals surface area (Å²) in [4.78, 5) is 30.9. The van der Waals surface area contributed by atoms with Crippen LogP contribution in [0.2, 0.25) is 0 Å². The van der Waals surface area contributed by atoms with Crippen molar-refractivity contribution in [2.75, 3.05) is 0 Å². The summed E-state index contributed by atoms with van der Waals surface area (Å²) >= 11 is 13.9. The third-order valence-electron chi connectivity index (χ3n) is 11.4. The molecule has 58 heavy (non-hydrogen) atoms. The second-order valence-corrected chi connectivity index (χ2v) is 21.3. The molecule has 3 rings (SSSR count). The van der Waals surface area contributed by atoms with Crippen LogP contribution in [0.4, 0.5) is 0 Å². The van der Waals surface area contributed by atoms with Gasteiger partial charge in [-0.2, -0.15) is 14.7 Å². The van der Waals surface area contributed by atoms with E-state index >= 15 is 0 Å². The van der Waals surface area contributed by atoms with Crippen LogP contribution in [0.25, 0.3) is 0 Å². The molecule has 0 radical (unpaired) electrons. The number of benzene rings is 3. The van der Waals surface area contributed by atoms with Crippen LogP contribution in [0.5, 0.6) is 11.5 Å². The van der Waals surface area contributed by atoms with Crippen LogP contribution in [0.15, 0.2) is 54.3 Å². The van der Waals surface area contributed by atoms with Gasteiger partial charge in [0.25, 0.3) is 0 Å². The van der Waals surface area contributed by atoms with Crippen LogP contribution in [0.1, 0.15) is 197 Å². The number of phenolic OH excluding ortho intramolecular Hbond substituents is 2. The van der Waals surface area contributed by atoms with Crippen molar-refractivity contribution in [1.82, 2.24) is 0 Å². The topological polar surface area (TPSA) is 101 Å². The summed E-state index contributed by atoms with van der Waals surface area (Å²) in [6.07, 6.45) is 29.7. The summed E-state index contributed by atoms with van der Waals surface area (Å²) in [7, 11) is -4.03. The van der Waals surface area contributed by atoms with E-state index in [1.165, 1.54) is 133 Å². The van der Waals surface area contributed by atoms with Crippen molar-refractivity contribution < 1.29 is 24.9 Å². The molecule has 0 saturated carbocycles. The molecule has 0 bridgehead atoms. The average Bonchev–Trinajstić information content (AvgIpc) is 3.18. The molecule has 0 amide bonds. The fraction of sp³-hybridized carbons (Fsp3) is 0.625. The second kappa shape index (κ2) is 29.0. The van der Waals surface area contributed by atoms with Gasteiger partial charge in [0.15, 0.2) is 5.30 Å². The molecule has 0 atom stereocenters. The molecule has 0 aliphatic carbocycles. The highest BCUT2D eigenvalue weighted by Gasteiger charge is 2.38. The number of hydrogen-bond acceptors (Lipinski definition) is 5. The first-order valence-electron chi connectivity index (χ1n) is 22.2. The maximum Gasteiger partial charge on any atom is 0.441 e. The van der Waals surface area contributed by atoms with Gasteiger partial charge in [-0.1, -0.05) is 168 Å². The number of rotatable bonds is 27. The van der Waals surface area contributed by atoms with Crippen molar-refractivity contribution in [3.8, 4) is 11.5 Å². The first-order valence-corrected chi connectivity index (χ1v) is 27.0. The normalized spacial score (nSPS) is 11.9. The highest BCUT2D eigenvalue weighted by atomic mass is 79.9. The largest absolute Gasteiger partial charge is 0.508 e. The van der Waals surface area contributed by atoms with E-state index < -0.39 is 7.94 Å². The third-order valence-corrected chi connectivity index (χ3v) is 16.7.